The van der Waals surface area contributed by atoms with E-state index < -0.39 is 11.2 Å². The molecule has 2 heterocycles. The van der Waals surface area contributed by atoms with Crippen LogP contribution in [0.5, 0.6) is 0 Å². The Kier molecular flexibility index (Phi) is 5.67. The molecule has 2 aromatic carbocycles. The van der Waals surface area contributed by atoms with Gasteiger partial charge in [-0.3, -0.25) is 14.6 Å². The molecule has 4 aromatic rings. The molecule has 0 aliphatic carbocycles. The molecule has 0 radical (unpaired) electrons. The highest BCUT2D eigenvalue weighted by atomic mass is 32.1. The molecule has 0 aliphatic heterocycles. The van der Waals surface area contributed by atoms with Crippen molar-refractivity contribution < 1.29 is 4.79 Å². The molecule has 150 valence electrons. The van der Waals surface area contributed by atoms with E-state index in [1.165, 1.54) is 16.8 Å². The van der Waals surface area contributed by atoms with Gasteiger partial charge in [-0.1, -0.05) is 42.5 Å². The van der Waals surface area contributed by atoms with Gasteiger partial charge in [0.2, 0.25) is 5.91 Å². The summed E-state index contributed by atoms with van der Waals surface area (Å²) in [5.41, 5.74) is 2.47. The van der Waals surface area contributed by atoms with Crippen molar-refractivity contribution in [2.24, 2.45) is 0 Å². The number of thiazole rings is 1. The highest BCUT2D eigenvalue weighted by Gasteiger charge is 2.09. The van der Waals surface area contributed by atoms with Crippen LogP contribution in [0.2, 0.25) is 0 Å². The second kappa shape index (κ2) is 8.71. The first-order valence-electron chi connectivity index (χ1n) is 9.29. The lowest BCUT2D eigenvalue weighted by Crippen LogP contribution is -2.29. The van der Waals surface area contributed by atoms with Gasteiger partial charge in [0.05, 0.1) is 5.69 Å². The van der Waals surface area contributed by atoms with E-state index in [9.17, 15) is 14.4 Å². The van der Waals surface area contributed by atoms with Crippen LogP contribution in [0.4, 0.5) is 5.69 Å². The molecule has 4 rings (SSSR count). The average Bonchev–Trinajstić information content (AvgIpc) is 3.24. The van der Waals surface area contributed by atoms with Gasteiger partial charge in [-0.25, -0.2) is 9.78 Å². The molecule has 0 atom stereocenters. The first-order valence-corrected chi connectivity index (χ1v) is 10.2. The topological polar surface area (TPSA) is 96.9 Å². The summed E-state index contributed by atoms with van der Waals surface area (Å²) in [6, 6.07) is 18.7. The van der Waals surface area contributed by atoms with E-state index in [1.54, 1.807) is 17.4 Å². The van der Waals surface area contributed by atoms with Crippen molar-refractivity contribution in [3.63, 3.8) is 0 Å². The molecule has 1 amide bonds. The van der Waals surface area contributed by atoms with Crippen molar-refractivity contribution >= 4 is 22.9 Å². The summed E-state index contributed by atoms with van der Waals surface area (Å²) >= 11 is 1.57. The molecule has 0 spiro atoms. The van der Waals surface area contributed by atoms with Crippen LogP contribution in [0.25, 0.3) is 21.8 Å². The van der Waals surface area contributed by atoms with E-state index in [0.29, 0.717) is 5.69 Å². The third-order valence-electron chi connectivity index (χ3n) is 4.44. The van der Waals surface area contributed by atoms with Gasteiger partial charge in [-0.2, -0.15) is 0 Å². The Morgan fingerprint density at radius 1 is 1.03 bits per heavy atom. The smallest absolute Gasteiger partial charge is 0.326 e. The number of H-pyrrole nitrogens is 1. The molecule has 0 aliphatic rings. The predicted octanol–water partition coefficient (Wildman–Crippen LogP) is 3.36. The number of amides is 1. The number of anilines is 1. The zero-order valence-corrected chi connectivity index (χ0v) is 16.7. The lowest BCUT2D eigenvalue weighted by Gasteiger charge is -2.08. The standard InChI is InChI=1S/C22H18N4O3S/c27-19(9-11-26-12-10-20(28)25-22(26)29)23-17-8-4-7-16(13-17)18-14-30-21(24-18)15-5-2-1-3-6-15/h1-8,10,12-14H,9,11H2,(H,23,27)(H,25,28,29). The molecule has 30 heavy (non-hydrogen) atoms. The maximum absolute atomic E-state index is 12.3. The molecule has 7 nitrogen and oxygen atoms in total. The van der Waals surface area contributed by atoms with E-state index in [1.807, 2.05) is 53.9 Å². The summed E-state index contributed by atoms with van der Waals surface area (Å²) in [5, 5.41) is 5.77. The zero-order chi connectivity index (χ0) is 20.9. The predicted molar refractivity (Wildman–Crippen MR) is 118 cm³/mol. The van der Waals surface area contributed by atoms with Gasteiger partial charge in [0.25, 0.3) is 5.56 Å². The van der Waals surface area contributed by atoms with Crippen LogP contribution in [0.1, 0.15) is 6.42 Å². The van der Waals surface area contributed by atoms with E-state index in [4.69, 9.17) is 4.98 Å². The van der Waals surface area contributed by atoms with Gasteiger partial charge in [0.15, 0.2) is 0 Å². The number of aryl methyl sites for hydroxylation is 1. The molecule has 8 heteroatoms. The first-order chi connectivity index (χ1) is 14.6. The van der Waals surface area contributed by atoms with Gasteiger partial charge in [0.1, 0.15) is 5.01 Å². The highest BCUT2D eigenvalue weighted by molar-refractivity contribution is 7.13. The largest absolute Gasteiger partial charge is 0.328 e. The lowest BCUT2D eigenvalue weighted by molar-refractivity contribution is -0.116. The average molecular weight is 418 g/mol. The number of rotatable bonds is 6. The van der Waals surface area contributed by atoms with Crippen LogP contribution in [0.3, 0.4) is 0 Å². The van der Waals surface area contributed by atoms with Crippen LogP contribution in [-0.4, -0.2) is 20.4 Å². The number of nitrogens with one attached hydrogen (secondary N) is 2. The lowest BCUT2D eigenvalue weighted by atomic mass is 10.1. The van der Waals surface area contributed by atoms with Crippen molar-refractivity contribution in [1.82, 2.24) is 14.5 Å². The zero-order valence-electron chi connectivity index (χ0n) is 15.9. The van der Waals surface area contributed by atoms with Gasteiger partial charge in [-0.15, -0.1) is 11.3 Å². The minimum Gasteiger partial charge on any atom is -0.326 e. The van der Waals surface area contributed by atoms with Crippen LogP contribution in [0, 0.1) is 0 Å². The molecule has 2 N–H and O–H groups in total. The van der Waals surface area contributed by atoms with E-state index in [2.05, 4.69) is 10.3 Å². The molecule has 0 bridgehead atoms. The Hall–Kier alpha value is -3.78. The van der Waals surface area contributed by atoms with Crippen molar-refractivity contribution in [2.45, 2.75) is 13.0 Å². The minimum atomic E-state index is -0.532. The minimum absolute atomic E-state index is 0.102. The summed E-state index contributed by atoms with van der Waals surface area (Å²) in [5.74, 6) is -0.228. The summed E-state index contributed by atoms with van der Waals surface area (Å²) in [6.45, 7) is 0.174. The van der Waals surface area contributed by atoms with E-state index in [-0.39, 0.29) is 18.9 Å². The van der Waals surface area contributed by atoms with E-state index >= 15 is 0 Å². The Bertz CT molecular complexity index is 1290. The second-order valence-electron chi connectivity index (χ2n) is 6.59. The monoisotopic (exact) mass is 418 g/mol. The first kappa shape index (κ1) is 19.5. The fourth-order valence-corrected chi connectivity index (χ4v) is 3.78. The Morgan fingerprint density at radius 3 is 2.63 bits per heavy atom. The summed E-state index contributed by atoms with van der Waals surface area (Å²) in [7, 11) is 0. The van der Waals surface area contributed by atoms with Crippen molar-refractivity contribution in [3.8, 4) is 21.8 Å². The Morgan fingerprint density at radius 2 is 1.83 bits per heavy atom. The third-order valence-corrected chi connectivity index (χ3v) is 5.33. The maximum Gasteiger partial charge on any atom is 0.328 e. The number of aromatic amines is 1. The summed E-state index contributed by atoms with van der Waals surface area (Å²) in [6.07, 6.45) is 1.48. The Balaban J connectivity index is 1.43. The highest BCUT2D eigenvalue weighted by Crippen LogP contribution is 2.29. The van der Waals surface area contributed by atoms with Gasteiger partial charge in [0, 0.05) is 47.4 Å². The normalized spacial score (nSPS) is 10.7. The summed E-state index contributed by atoms with van der Waals surface area (Å²) < 4.78 is 1.29. The Labute approximate surface area is 175 Å². The van der Waals surface area contributed by atoms with Gasteiger partial charge in [-0.05, 0) is 12.1 Å². The molecular weight excluding hydrogens is 400 g/mol. The SMILES string of the molecule is O=C(CCn1ccc(=O)[nH]c1=O)Nc1cccc(-c2csc(-c3ccccc3)n2)c1. The number of hydrogen-bond acceptors (Lipinski definition) is 5. The van der Waals surface area contributed by atoms with Crippen LogP contribution < -0.4 is 16.6 Å². The number of carbonyl (C=O) groups excluding carboxylic acids is 1. The van der Waals surface area contributed by atoms with Crippen LogP contribution >= 0.6 is 11.3 Å². The summed E-state index contributed by atoms with van der Waals surface area (Å²) in [4.78, 5) is 41.9. The number of aromatic nitrogens is 3. The van der Waals surface area contributed by atoms with Crippen molar-refractivity contribution in [1.29, 1.82) is 0 Å². The molecule has 0 saturated heterocycles. The fraction of sp³-hybridized carbons (Fsp3) is 0.0909. The molecule has 0 unspecified atom stereocenters. The van der Waals surface area contributed by atoms with Crippen LogP contribution in [0.15, 0.2) is 81.8 Å². The molecule has 0 fully saturated rings. The fourth-order valence-electron chi connectivity index (χ4n) is 2.94. The van der Waals surface area contributed by atoms with Gasteiger partial charge < -0.3 is 9.88 Å². The molecule has 0 saturated carbocycles. The number of nitrogens with zero attached hydrogens (tertiary/aromatic N) is 2. The van der Waals surface area contributed by atoms with Crippen molar-refractivity contribution in [2.75, 3.05) is 5.32 Å². The number of hydrogen-bond donors (Lipinski definition) is 2. The maximum atomic E-state index is 12.3. The molecular formula is C22H18N4O3S. The number of carbonyl (C=O) groups is 1. The second-order valence-corrected chi connectivity index (χ2v) is 7.44. The number of benzene rings is 2. The quantitative estimate of drug-likeness (QED) is 0.502. The molecule has 2 aromatic heterocycles. The van der Waals surface area contributed by atoms with Crippen molar-refractivity contribution in [3.05, 3.63) is 93.1 Å². The van der Waals surface area contributed by atoms with Crippen LogP contribution in [-0.2, 0) is 11.3 Å². The van der Waals surface area contributed by atoms with E-state index in [0.717, 1.165) is 21.8 Å². The third kappa shape index (κ3) is 4.61. The van der Waals surface area contributed by atoms with Gasteiger partial charge >= 0.3 is 5.69 Å².